The van der Waals surface area contributed by atoms with Crippen molar-refractivity contribution < 1.29 is 4.79 Å². The number of nitrogen functional groups attached to an aromatic ring is 1. The molecule has 2 aromatic rings. The second kappa shape index (κ2) is 6.34. The van der Waals surface area contributed by atoms with E-state index in [1.807, 2.05) is 42.2 Å². The number of likely N-dealkylation sites (N-methyl/N-ethyl adjacent to an activating group) is 2. The normalized spacial score (nSPS) is 10.9. The molecular formula is C15H20N4O. The first-order valence-electron chi connectivity index (χ1n) is 6.71. The Bertz CT molecular complexity index is 612. The van der Waals surface area contributed by atoms with Gasteiger partial charge in [-0.05, 0) is 18.7 Å². The Balaban J connectivity index is 2.23. The molecule has 20 heavy (non-hydrogen) atoms. The van der Waals surface area contributed by atoms with Gasteiger partial charge in [-0.2, -0.15) is 0 Å². The van der Waals surface area contributed by atoms with Gasteiger partial charge in [-0.25, -0.2) is 4.98 Å². The Kier molecular flexibility index (Phi) is 4.53. The molecule has 1 aromatic heterocycles. The molecule has 3 N–H and O–H groups in total. The molecule has 0 aliphatic heterocycles. The summed E-state index contributed by atoms with van der Waals surface area (Å²) < 4.78 is 0. The Morgan fingerprint density at radius 1 is 1.40 bits per heavy atom. The maximum atomic E-state index is 11.5. The molecule has 0 atom stereocenters. The minimum absolute atomic E-state index is 0.000769. The Labute approximate surface area is 118 Å². The van der Waals surface area contributed by atoms with E-state index in [0.29, 0.717) is 18.9 Å². The molecule has 2 rings (SSSR count). The van der Waals surface area contributed by atoms with Crippen molar-refractivity contribution in [2.24, 2.45) is 0 Å². The van der Waals surface area contributed by atoms with Crippen molar-refractivity contribution in [1.29, 1.82) is 0 Å². The van der Waals surface area contributed by atoms with Gasteiger partial charge in [0.2, 0.25) is 5.91 Å². The van der Waals surface area contributed by atoms with Crippen LogP contribution in [0.5, 0.6) is 0 Å². The van der Waals surface area contributed by atoms with E-state index in [2.05, 4.69) is 10.3 Å². The van der Waals surface area contributed by atoms with E-state index in [0.717, 1.165) is 23.0 Å². The smallest absolute Gasteiger partial charge is 0.233 e. The minimum atomic E-state index is -0.000769. The summed E-state index contributed by atoms with van der Waals surface area (Å²) in [4.78, 5) is 17.9. The fraction of sp³-hybridized carbons (Fsp3) is 0.333. The maximum Gasteiger partial charge on any atom is 0.233 e. The zero-order chi connectivity index (χ0) is 14.5. The van der Waals surface area contributed by atoms with E-state index in [1.54, 1.807) is 7.05 Å². The van der Waals surface area contributed by atoms with E-state index in [4.69, 9.17) is 5.73 Å². The number of pyridine rings is 1. The molecule has 0 bridgehead atoms. The standard InChI is InChI=1S/C15H20N4O/c1-3-19(10-14(20)17-2)9-12-8-11-6-4-5-7-13(11)18-15(12)16/h4-8H,3,9-10H2,1-2H3,(H2,16,18)(H,17,20). The molecule has 0 spiro atoms. The lowest BCUT2D eigenvalue weighted by molar-refractivity contribution is -0.121. The molecule has 1 amide bonds. The lowest BCUT2D eigenvalue weighted by Crippen LogP contribution is -2.35. The van der Waals surface area contributed by atoms with Crippen LogP contribution in [0.2, 0.25) is 0 Å². The molecule has 0 radical (unpaired) electrons. The third-order valence-electron chi connectivity index (χ3n) is 3.32. The summed E-state index contributed by atoms with van der Waals surface area (Å²) in [6, 6.07) is 9.92. The average molecular weight is 272 g/mol. The van der Waals surface area contributed by atoms with Crippen LogP contribution in [-0.2, 0) is 11.3 Å². The first-order chi connectivity index (χ1) is 9.63. The van der Waals surface area contributed by atoms with Crippen molar-refractivity contribution in [3.05, 3.63) is 35.9 Å². The highest BCUT2D eigenvalue weighted by Gasteiger charge is 2.11. The van der Waals surface area contributed by atoms with Crippen molar-refractivity contribution in [1.82, 2.24) is 15.2 Å². The Morgan fingerprint density at radius 2 is 2.15 bits per heavy atom. The molecule has 0 aliphatic carbocycles. The summed E-state index contributed by atoms with van der Waals surface area (Å²) >= 11 is 0. The molecule has 0 fully saturated rings. The van der Waals surface area contributed by atoms with Crippen LogP contribution in [0, 0.1) is 0 Å². The van der Waals surface area contributed by atoms with Gasteiger partial charge in [0.1, 0.15) is 5.82 Å². The molecule has 0 unspecified atom stereocenters. The van der Waals surface area contributed by atoms with Crippen molar-refractivity contribution >= 4 is 22.6 Å². The summed E-state index contributed by atoms with van der Waals surface area (Å²) in [7, 11) is 1.64. The predicted octanol–water partition coefficient (Wildman–Crippen LogP) is 1.38. The van der Waals surface area contributed by atoms with E-state index < -0.39 is 0 Å². The molecule has 5 nitrogen and oxygen atoms in total. The van der Waals surface area contributed by atoms with E-state index in [9.17, 15) is 4.79 Å². The van der Waals surface area contributed by atoms with Gasteiger partial charge in [0, 0.05) is 24.5 Å². The van der Waals surface area contributed by atoms with Crippen LogP contribution in [0.15, 0.2) is 30.3 Å². The van der Waals surface area contributed by atoms with Crippen molar-refractivity contribution in [3.63, 3.8) is 0 Å². The molecular weight excluding hydrogens is 252 g/mol. The number of hydrogen-bond acceptors (Lipinski definition) is 4. The minimum Gasteiger partial charge on any atom is -0.383 e. The Hall–Kier alpha value is -2.14. The largest absolute Gasteiger partial charge is 0.383 e. The van der Waals surface area contributed by atoms with Gasteiger partial charge in [0.15, 0.2) is 0 Å². The van der Waals surface area contributed by atoms with Crippen LogP contribution in [0.25, 0.3) is 10.9 Å². The van der Waals surface area contributed by atoms with E-state index in [1.165, 1.54) is 0 Å². The maximum absolute atomic E-state index is 11.5. The fourth-order valence-corrected chi connectivity index (χ4v) is 2.10. The number of anilines is 1. The number of para-hydroxylation sites is 1. The Morgan fingerprint density at radius 3 is 2.85 bits per heavy atom. The quantitative estimate of drug-likeness (QED) is 0.862. The number of hydrogen-bond donors (Lipinski definition) is 2. The number of amides is 1. The summed E-state index contributed by atoms with van der Waals surface area (Å²) in [5, 5.41) is 3.69. The van der Waals surface area contributed by atoms with Crippen molar-refractivity contribution in [3.8, 4) is 0 Å². The number of nitrogens with two attached hydrogens (primary N) is 1. The zero-order valence-electron chi connectivity index (χ0n) is 11.9. The van der Waals surface area contributed by atoms with Gasteiger partial charge in [0.25, 0.3) is 0 Å². The highest BCUT2D eigenvalue weighted by atomic mass is 16.1. The lowest BCUT2D eigenvalue weighted by atomic mass is 10.1. The lowest BCUT2D eigenvalue weighted by Gasteiger charge is -2.20. The van der Waals surface area contributed by atoms with Crippen LogP contribution in [0.3, 0.4) is 0 Å². The van der Waals surface area contributed by atoms with Gasteiger partial charge < -0.3 is 11.1 Å². The van der Waals surface area contributed by atoms with Gasteiger partial charge in [0.05, 0.1) is 12.1 Å². The molecule has 106 valence electrons. The highest BCUT2D eigenvalue weighted by molar-refractivity contribution is 5.81. The van der Waals surface area contributed by atoms with Crippen molar-refractivity contribution in [2.45, 2.75) is 13.5 Å². The number of nitrogens with one attached hydrogen (secondary N) is 1. The third kappa shape index (κ3) is 3.24. The second-order valence-electron chi connectivity index (χ2n) is 4.70. The summed E-state index contributed by atoms with van der Waals surface area (Å²) in [5.41, 5.74) is 7.86. The van der Waals surface area contributed by atoms with E-state index in [-0.39, 0.29) is 5.91 Å². The number of rotatable bonds is 5. The molecule has 5 heteroatoms. The zero-order valence-corrected chi connectivity index (χ0v) is 11.9. The predicted molar refractivity (Wildman–Crippen MR) is 81.2 cm³/mol. The van der Waals surface area contributed by atoms with Gasteiger partial charge in [-0.1, -0.05) is 25.1 Å². The van der Waals surface area contributed by atoms with Gasteiger partial charge in [-0.3, -0.25) is 9.69 Å². The van der Waals surface area contributed by atoms with Crippen LogP contribution in [0.1, 0.15) is 12.5 Å². The SMILES string of the molecule is CCN(CC(=O)NC)Cc1cc2ccccc2nc1N. The fourth-order valence-electron chi connectivity index (χ4n) is 2.10. The summed E-state index contributed by atoms with van der Waals surface area (Å²) in [6.45, 7) is 3.78. The summed E-state index contributed by atoms with van der Waals surface area (Å²) in [5.74, 6) is 0.526. The van der Waals surface area contributed by atoms with Crippen molar-refractivity contribution in [2.75, 3.05) is 25.9 Å². The average Bonchev–Trinajstić information content (AvgIpc) is 2.46. The van der Waals surface area contributed by atoms with Gasteiger partial charge >= 0.3 is 0 Å². The highest BCUT2D eigenvalue weighted by Crippen LogP contribution is 2.19. The number of carbonyl (C=O) groups is 1. The molecule has 1 aromatic carbocycles. The van der Waals surface area contributed by atoms with Gasteiger partial charge in [-0.15, -0.1) is 0 Å². The topological polar surface area (TPSA) is 71.2 Å². The number of nitrogens with zero attached hydrogens (tertiary/aromatic N) is 2. The molecule has 1 heterocycles. The van der Waals surface area contributed by atoms with Crippen LogP contribution in [0.4, 0.5) is 5.82 Å². The number of fused-ring (bicyclic) bond motifs is 1. The molecule has 0 saturated carbocycles. The van der Waals surface area contributed by atoms with Crippen LogP contribution in [-0.4, -0.2) is 35.9 Å². The monoisotopic (exact) mass is 272 g/mol. The van der Waals surface area contributed by atoms with Crippen LogP contribution < -0.4 is 11.1 Å². The van der Waals surface area contributed by atoms with Crippen LogP contribution >= 0.6 is 0 Å². The third-order valence-corrected chi connectivity index (χ3v) is 3.32. The summed E-state index contributed by atoms with van der Waals surface area (Å²) in [6.07, 6.45) is 0. The molecule has 0 saturated heterocycles. The number of aromatic nitrogens is 1. The second-order valence-corrected chi connectivity index (χ2v) is 4.70. The number of benzene rings is 1. The number of carbonyl (C=O) groups excluding carboxylic acids is 1. The van der Waals surface area contributed by atoms with E-state index >= 15 is 0 Å². The first-order valence-corrected chi connectivity index (χ1v) is 6.71. The molecule has 0 aliphatic rings. The first kappa shape index (κ1) is 14.3.